The second-order valence-corrected chi connectivity index (χ2v) is 5.56. The summed E-state index contributed by atoms with van der Waals surface area (Å²) >= 11 is 0. The summed E-state index contributed by atoms with van der Waals surface area (Å²) in [5.74, 6) is -1.09. The molecular weight excluding hydrogens is 253 g/mol. The number of nitrogens with one attached hydrogen (secondary N) is 1. The van der Waals surface area contributed by atoms with E-state index in [1.54, 1.807) is 0 Å². The number of rotatable bonds is 7. The van der Waals surface area contributed by atoms with Gasteiger partial charge >= 0.3 is 6.18 Å². The molecule has 0 spiro atoms. The molecule has 0 aliphatic carbocycles. The van der Waals surface area contributed by atoms with Gasteiger partial charge in [-0.25, -0.2) is 0 Å². The van der Waals surface area contributed by atoms with Crippen LogP contribution in [0.15, 0.2) is 0 Å². The molecule has 19 heavy (non-hydrogen) atoms. The third kappa shape index (κ3) is 6.13. The number of alkyl halides is 3. The lowest BCUT2D eigenvalue weighted by atomic mass is 9.96. The fourth-order valence-corrected chi connectivity index (χ4v) is 2.71. The van der Waals surface area contributed by atoms with Gasteiger partial charge < -0.3 is 10.2 Å². The first-order valence-electron chi connectivity index (χ1n) is 7.49. The summed E-state index contributed by atoms with van der Waals surface area (Å²) in [5, 5.41) is 3.50. The van der Waals surface area contributed by atoms with Crippen molar-refractivity contribution in [2.45, 2.75) is 58.2 Å². The lowest BCUT2D eigenvalue weighted by Gasteiger charge is -2.35. The molecule has 0 radical (unpaired) electrons. The average molecular weight is 280 g/mol. The van der Waals surface area contributed by atoms with Gasteiger partial charge in [0.05, 0.1) is 5.92 Å². The van der Waals surface area contributed by atoms with Gasteiger partial charge in [0, 0.05) is 12.6 Å². The zero-order valence-electron chi connectivity index (χ0n) is 12.1. The van der Waals surface area contributed by atoms with Crippen molar-refractivity contribution in [1.29, 1.82) is 0 Å². The molecule has 1 heterocycles. The van der Waals surface area contributed by atoms with Gasteiger partial charge in [-0.05, 0) is 45.3 Å². The van der Waals surface area contributed by atoms with Crippen molar-refractivity contribution >= 4 is 0 Å². The Hall–Kier alpha value is -0.290. The van der Waals surface area contributed by atoms with Gasteiger partial charge in [-0.15, -0.1) is 0 Å². The van der Waals surface area contributed by atoms with Crippen LogP contribution < -0.4 is 5.32 Å². The molecule has 0 aromatic heterocycles. The van der Waals surface area contributed by atoms with E-state index in [1.165, 1.54) is 0 Å². The molecule has 0 amide bonds. The summed E-state index contributed by atoms with van der Waals surface area (Å²) in [4.78, 5) is 2.19. The first kappa shape index (κ1) is 16.8. The second-order valence-electron chi connectivity index (χ2n) is 5.56. The van der Waals surface area contributed by atoms with Crippen LogP contribution in [0.1, 0.15) is 46.0 Å². The van der Waals surface area contributed by atoms with Crippen molar-refractivity contribution in [3.05, 3.63) is 0 Å². The largest absolute Gasteiger partial charge is 0.391 e. The molecule has 1 unspecified atom stereocenters. The Morgan fingerprint density at radius 1 is 1.16 bits per heavy atom. The molecule has 0 bridgehead atoms. The Labute approximate surface area is 114 Å². The molecule has 1 rings (SSSR count). The zero-order chi connectivity index (χ0) is 14.3. The molecule has 0 aromatic carbocycles. The fourth-order valence-electron chi connectivity index (χ4n) is 2.71. The minimum absolute atomic E-state index is 0.260. The summed E-state index contributed by atoms with van der Waals surface area (Å²) < 4.78 is 37.8. The van der Waals surface area contributed by atoms with E-state index in [2.05, 4.69) is 24.1 Å². The van der Waals surface area contributed by atoms with Crippen molar-refractivity contribution in [2.24, 2.45) is 5.92 Å². The average Bonchev–Trinajstić information content (AvgIpc) is 2.36. The van der Waals surface area contributed by atoms with E-state index < -0.39 is 12.1 Å². The van der Waals surface area contributed by atoms with Gasteiger partial charge in [0.1, 0.15) is 0 Å². The number of hydrogen-bond donors (Lipinski definition) is 1. The molecule has 114 valence electrons. The molecule has 1 fully saturated rings. The number of likely N-dealkylation sites (tertiary alicyclic amines) is 1. The van der Waals surface area contributed by atoms with Crippen LogP contribution in [-0.2, 0) is 0 Å². The smallest absolute Gasteiger partial charge is 0.313 e. The van der Waals surface area contributed by atoms with E-state index in [4.69, 9.17) is 0 Å². The van der Waals surface area contributed by atoms with Crippen LogP contribution in [0.25, 0.3) is 0 Å². The van der Waals surface area contributed by atoms with Crippen molar-refractivity contribution in [3.8, 4) is 0 Å². The van der Waals surface area contributed by atoms with Crippen LogP contribution in [0.3, 0.4) is 0 Å². The topological polar surface area (TPSA) is 15.3 Å². The van der Waals surface area contributed by atoms with Crippen LogP contribution in [0.2, 0.25) is 0 Å². The standard InChI is InChI=1S/C14H27F3N2/c1-3-5-13(18-8-4-2)11-19-9-6-12(7-10-19)14(15,16)17/h12-13,18H,3-11H2,1-2H3. The van der Waals surface area contributed by atoms with Crippen LogP contribution in [-0.4, -0.2) is 43.3 Å². The monoisotopic (exact) mass is 280 g/mol. The molecule has 1 saturated heterocycles. The van der Waals surface area contributed by atoms with Gasteiger partial charge in [-0.1, -0.05) is 20.3 Å². The number of piperidine rings is 1. The second kappa shape index (κ2) is 8.10. The van der Waals surface area contributed by atoms with E-state index in [0.29, 0.717) is 19.1 Å². The predicted molar refractivity (Wildman–Crippen MR) is 72.2 cm³/mol. The summed E-state index contributed by atoms with van der Waals surface area (Å²) in [5.41, 5.74) is 0. The molecule has 0 aromatic rings. The highest BCUT2D eigenvalue weighted by Gasteiger charge is 2.41. The minimum Gasteiger partial charge on any atom is -0.313 e. The quantitative estimate of drug-likeness (QED) is 0.768. The highest BCUT2D eigenvalue weighted by molar-refractivity contribution is 4.80. The third-order valence-corrected chi connectivity index (χ3v) is 3.85. The van der Waals surface area contributed by atoms with Crippen LogP contribution in [0.5, 0.6) is 0 Å². The van der Waals surface area contributed by atoms with E-state index in [-0.39, 0.29) is 12.8 Å². The van der Waals surface area contributed by atoms with Gasteiger partial charge in [-0.3, -0.25) is 0 Å². The molecular formula is C14H27F3N2. The molecule has 1 aliphatic rings. The van der Waals surface area contributed by atoms with Gasteiger partial charge in [-0.2, -0.15) is 13.2 Å². The Morgan fingerprint density at radius 2 is 1.79 bits per heavy atom. The maximum Gasteiger partial charge on any atom is 0.391 e. The summed E-state index contributed by atoms with van der Waals surface area (Å²) in [6.45, 7) is 7.32. The maximum atomic E-state index is 12.6. The lowest BCUT2D eigenvalue weighted by Crippen LogP contribution is -2.46. The number of hydrogen-bond acceptors (Lipinski definition) is 2. The zero-order valence-corrected chi connectivity index (χ0v) is 12.1. The Morgan fingerprint density at radius 3 is 2.26 bits per heavy atom. The van der Waals surface area contributed by atoms with Gasteiger partial charge in [0.2, 0.25) is 0 Å². The van der Waals surface area contributed by atoms with Crippen molar-refractivity contribution < 1.29 is 13.2 Å². The summed E-state index contributed by atoms with van der Waals surface area (Å²) in [7, 11) is 0. The normalized spacial score (nSPS) is 20.7. The predicted octanol–water partition coefficient (Wildman–Crippen LogP) is 3.43. The van der Waals surface area contributed by atoms with E-state index in [0.717, 1.165) is 32.4 Å². The van der Waals surface area contributed by atoms with E-state index >= 15 is 0 Å². The van der Waals surface area contributed by atoms with E-state index in [1.807, 2.05) is 0 Å². The Bertz CT molecular complexity index is 235. The van der Waals surface area contributed by atoms with Crippen LogP contribution in [0.4, 0.5) is 13.2 Å². The molecule has 1 atom stereocenters. The van der Waals surface area contributed by atoms with E-state index in [9.17, 15) is 13.2 Å². The molecule has 2 nitrogen and oxygen atoms in total. The Balaban J connectivity index is 2.33. The SMILES string of the molecule is CCCNC(CCC)CN1CCC(C(F)(F)F)CC1. The first-order chi connectivity index (χ1) is 8.97. The van der Waals surface area contributed by atoms with Crippen LogP contribution >= 0.6 is 0 Å². The van der Waals surface area contributed by atoms with Crippen LogP contribution in [0, 0.1) is 5.92 Å². The highest BCUT2D eigenvalue weighted by atomic mass is 19.4. The van der Waals surface area contributed by atoms with Crippen molar-refractivity contribution in [1.82, 2.24) is 10.2 Å². The minimum atomic E-state index is -4.00. The molecule has 1 aliphatic heterocycles. The number of halogens is 3. The molecule has 0 saturated carbocycles. The number of nitrogens with zero attached hydrogens (tertiary/aromatic N) is 1. The summed E-state index contributed by atoms with van der Waals surface area (Å²) in [6.07, 6.45) is -0.183. The maximum absolute atomic E-state index is 12.6. The fraction of sp³-hybridized carbons (Fsp3) is 1.00. The first-order valence-corrected chi connectivity index (χ1v) is 7.49. The third-order valence-electron chi connectivity index (χ3n) is 3.85. The molecule has 5 heteroatoms. The summed E-state index contributed by atoms with van der Waals surface area (Å²) in [6, 6.07) is 0.424. The molecule has 1 N–H and O–H groups in total. The Kier molecular flexibility index (Phi) is 7.15. The lowest BCUT2D eigenvalue weighted by molar-refractivity contribution is -0.185. The van der Waals surface area contributed by atoms with Crippen molar-refractivity contribution in [2.75, 3.05) is 26.2 Å². The highest BCUT2D eigenvalue weighted by Crippen LogP contribution is 2.34. The van der Waals surface area contributed by atoms with Gasteiger partial charge in [0.25, 0.3) is 0 Å². The van der Waals surface area contributed by atoms with Crippen molar-refractivity contribution in [3.63, 3.8) is 0 Å². The van der Waals surface area contributed by atoms with Gasteiger partial charge in [0.15, 0.2) is 0 Å².